The van der Waals surface area contributed by atoms with E-state index < -0.39 is 17.2 Å². The molecule has 0 aromatic heterocycles. The van der Waals surface area contributed by atoms with E-state index >= 15 is 0 Å². The third-order valence-electron chi connectivity index (χ3n) is 3.82. The Bertz CT molecular complexity index is 869. The van der Waals surface area contributed by atoms with E-state index in [1.54, 1.807) is 42.5 Å². The van der Waals surface area contributed by atoms with Crippen LogP contribution in [0.2, 0.25) is 5.02 Å². The van der Waals surface area contributed by atoms with Crippen LogP contribution in [0.1, 0.15) is 25.0 Å². The third-order valence-corrected chi connectivity index (χ3v) is 4.06. The van der Waals surface area contributed by atoms with Gasteiger partial charge in [-0.05, 0) is 62.7 Å². The normalized spacial score (nSPS) is 10.7. The van der Waals surface area contributed by atoms with Gasteiger partial charge in [-0.1, -0.05) is 17.7 Å². The van der Waals surface area contributed by atoms with E-state index in [0.29, 0.717) is 22.0 Å². The van der Waals surface area contributed by atoms with E-state index in [0.717, 1.165) is 5.56 Å². The lowest BCUT2D eigenvalue weighted by atomic mass is 9.90. The molecule has 0 spiro atoms. The van der Waals surface area contributed by atoms with Crippen LogP contribution in [0.3, 0.4) is 0 Å². The van der Waals surface area contributed by atoms with Crippen LogP contribution in [-0.4, -0.2) is 11.8 Å². The molecule has 0 saturated carbocycles. The van der Waals surface area contributed by atoms with Gasteiger partial charge in [0.1, 0.15) is 5.41 Å². The number of hydrogen-bond donors (Lipinski definition) is 2. The van der Waals surface area contributed by atoms with Crippen molar-refractivity contribution in [3.8, 4) is 6.07 Å². The van der Waals surface area contributed by atoms with Crippen molar-refractivity contribution in [2.24, 2.45) is 5.41 Å². The molecule has 0 aliphatic heterocycles. The second kappa shape index (κ2) is 7.37. The molecule has 0 unspecified atom stereocenters. The van der Waals surface area contributed by atoms with Crippen LogP contribution in [0.15, 0.2) is 42.5 Å². The van der Waals surface area contributed by atoms with E-state index in [9.17, 15) is 9.59 Å². The molecule has 2 aromatic carbocycles. The fourth-order valence-electron chi connectivity index (χ4n) is 2.10. The van der Waals surface area contributed by atoms with Gasteiger partial charge in [0, 0.05) is 16.4 Å². The quantitative estimate of drug-likeness (QED) is 0.809. The van der Waals surface area contributed by atoms with Gasteiger partial charge in [-0.15, -0.1) is 0 Å². The van der Waals surface area contributed by atoms with Gasteiger partial charge in [-0.25, -0.2) is 0 Å². The summed E-state index contributed by atoms with van der Waals surface area (Å²) in [5.74, 6) is -0.904. The Morgan fingerprint density at radius 3 is 2.40 bits per heavy atom. The predicted molar refractivity (Wildman–Crippen MR) is 98.4 cm³/mol. The molecule has 2 amide bonds. The number of carbonyl (C=O) groups is 2. The number of rotatable bonds is 4. The van der Waals surface area contributed by atoms with Crippen molar-refractivity contribution >= 4 is 34.8 Å². The summed E-state index contributed by atoms with van der Waals surface area (Å²) in [5.41, 5.74) is 0.985. The second-order valence-electron chi connectivity index (χ2n) is 6.19. The fourth-order valence-corrected chi connectivity index (χ4v) is 2.33. The van der Waals surface area contributed by atoms with Crippen molar-refractivity contribution in [2.45, 2.75) is 20.8 Å². The molecule has 6 heteroatoms. The zero-order valence-corrected chi connectivity index (χ0v) is 14.9. The van der Waals surface area contributed by atoms with Crippen LogP contribution in [0.4, 0.5) is 11.4 Å². The van der Waals surface area contributed by atoms with Crippen molar-refractivity contribution < 1.29 is 9.59 Å². The summed E-state index contributed by atoms with van der Waals surface area (Å²) in [6.45, 7) is 4.90. The number of nitrogens with one attached hydrogen (secondary N) is 2. The van der Waals surface area contributed by atoms with Crippen molar-refractivity contribution in [3.63, 3.8) is 0 Å². The maximum absolute atomic E-state index is 12.6. The van der Waals surface area contributed by atoms with Gasteiger partial charge in [-0.2, -0.15) is 5.26 Å². The Hall–Kier alpha value is -2.84. The van der Waals surface area contributed by atoms with Gasteiger partial charge >= 0.3 is 0 Å². The minimum Gasteiger partial charge on any atom is -0.325 e. The topological polar surface area (TPSA) is 82.0 Å². The average Bonchev–Trinajstić information content (AvgIpc) is 2.57. The molecule has 25 heavy (non-hydrogen) atoms. The number of halogens is 1. The lowest BCUT2D eigenvalue weighted by molar-refractivity contribution is -0.135. The van der Waals surface area contributed by atoms with E-state index in [2.05, 4.69) is 10.6 Å². The number of hydrogen-bond acceptors (Lipinski definition) is 3. The van der Waals surface area contributed by atoms with Crippen LogP contribution in [0.25, 0.3) is 0 Å². The van der Waals surface area contributed by atoms with Crippen molar-refractivity contribution in [1.29, 1.82) is 5.26 Å². The molecule has 128 valence electrons. The number of aryl methyl sites for hydroxylation is 1. The van der Waals surface area contributed by atoms with Gasteiger partial charge in [-0.3, -0.25) is 9.59 Å². The highest BCUT2D eigenvalue weighted by molar-refractivity contribution is 6.30. The Labute approximate surface area is 151 Å². The van der Waals surface area contributed by atoms with Crippen LogP contribution in [0, 0.1) is 23.7 Å². The molecule has 2 rings (SSSR count). The Morgan fingerprint density at radius 1 is 1.08 bits per heavy atom. The van der Waals surface area contributed by atoms with Gasteiger partial charge < -0.3 is 10.6 Å². The Morgan fingerprint density at radius 2 is 1.76 bits per heavy atom. The molecule has 0 heterocycles. The summed E-state index contributed by atoms with van der Waals surface area (Å²) >= 11 is 5.91. The standard InChI is InChI=1S/C19H18ClN3O2/c1-12-9-14(20)7-8-16(12)23-18(25)19(2,3)17(24)22-15-6-4-5-13(10-15)11-21/h4-10H,1-3H3,(H,22,24)(H,23,25). The number of nitriles is 1. The number of carbonyl (C=O) groups excluding carboxylic acids is 2. The molecule has 0 atom stereocenters. The van der Waals surface area contributed by atoms with Gasteiger partial charge in [0.15, 0.2) is 0 Å². The molecule has 0 saturated heterocycles. The lowest BCUT2D eigenvalue weighted by Crippen LogP contribution is -2.41. The first-order valence-corrected chi connectivity index (χ1v) is 8.01. The van der Waals surface area contributed by atoms with Gasteiger partial charge in [0.2, 0.25) is 11.8 Å². The highest BCUT2D eigenvalue weighted by atomic mass is 35.5. The minimum atomic E-state index is -1.31. The number of nitrogens with zero attached hydrogens (tertiary/aromatic N) is 1. The Balaban J connectivity index is 2.14. The average molecular weight is 356 g/mol. The number of benzene rings is 2. The number of amides is 2. The molecule has 0 aliphatic carbocycles. The first-order valence-electron chi connectivity index (χ1n) is 7.63. The van der Waals surface area contributed by atoms with Crippen molar-refractivity contribution in [2.75, 3.05) is 10.6 Å². The summed E-state index contributed by atoms with van der Waals surface area (Å²) in [5, 5.41) is 14.9. The van der Waals surface area contributed by atoms with Crippen LogP contribution in [0.5, 0.6) is 0 Å². The zero-order chi connectivity index (χ0) is 18.6. The van der Waals surface area contributed by atoms with E-state index in [-0.39, 0.29) is 0 Å². The molecular weight excluding hydrogens is 338 g/mol. The summed E-state index contributed by atoms with van der Waals surface area (Å²) in [4.78, 5) is 25.1. The maximum Gasteiger partial charge on any atom is 0.239 e. The fraction of sp³-hybridized carbons (Fsp3) is 0.211. The number of anilines is 2. The van der Waals surface area contributed by atoms with E-state index in [1.165, 1.54) is 13.8 Å². The van der Waals surface area contributed by atoms with Crippen LogP contribution >= 0.6 is 11.6 Å². The first kappa shape index (κ1) is 18.5. The largest absolute Gasteiger partial charge is 0.325 e. The summed E-state index contributed by atoms with van der Waals surface area (Å²) < 4.78 is 0. The van der Waals surface area contributed by atoms with E-state index in [1.807, 2.05) is 13.0 Å². The zero-order valence-electron chi connectivity index (χ0n) is 14.2. The molecule has 2 aromatic rings. The lowest BCUT2D eigenvalue weighted by Gasteiger charge is -2.23. The summed E-state index contributed by atoms with van der Waals surface area (Å²) in [6.07, 6.45) is 0. The molecule has 0 fully saturated rings. The molecule has 0 bridgehead atoms. The Kier molecular flexibility index (Phi) is 5.45. The summed E-state index contributed by atoms with van der Waals surface area (Å²) in [6, 6.07) is 13.6. The summed E-state index contributed by atoms with van der Waals surface area (Å²) in [7, 11) is 0. The minimum absolute atomic E-state index is 0.428. The molecular formula is C19H18ClN3O2. The highest BCUT2D eigenvalue weighted by Crippen LogP contribution is 2.25. The maximum atomic E-state index is 12.6. The first-order chi connectivity index (χ1) is 11.7. The van der Waals surface area contributed by atoms with Crippen molar-refractivity contribution in [1.82, 2.24) is 0 Å². The SMILES string of the molecule is Cc1cc(Cl)ccc1NC(=O)C(C)(C)C(=O)Nc1cccc(C#N)c1. The second-order valence-corrected chi connectivity index (χ2v) is 6.62. The van der Waals surface area contributed by atoms with Gasteiger partial charge in [0.25, 0.3) is 0 Å². The highest BCUT2D eigenvalue weighted by Gasteiger charge is 2.36. The van der Waals surface area contributed by atoms with Crippen molar-refractivity contribution in [3.05, 3.63) is 58.6 Å². The van der Waals surface area contributed by atoms with E-state index in [4.69, 9.17) is 16.9 Å². The third kappa shape index (κ3) is 4.37. The van der Waals surface area contributed by atoms with Crippen LogP contribution in [-0.2, 0) is 9.59 Å². The molecule has 5 nitrogen and oxygen atoms in total. The molecule has 2 N–H and O–H groups in total. The van der Waals surface area contributed by atoms with Crippen LogP contribution < -0.4 is 10.6 Å². The molecule has 0 radical (unpaired) electrons. The predicted octanol–water partition coefficient (Wildman–Crippen LogP) is 4.12. The molecule has 0 aliphatic rings. The monoisotopic (exact) mass is 355 g/mol. The van der Waals surface area contributed by atoms with Gasteiger partial charge in [0.05, 0.1) is 11.6 Å². The smallest absolute Gasteiger partial charge is 0.239 e.